The van der Waals surface area contributed by atoms with Crippen molar-refractivity contribution in [3.05, 3.63) is 52.5 Å². The summed E-state index contributed by atoms with van der Waals surface area (Å²) in [4.78, 5) is 17.9. The van der Waals surface area contributed by atoms with E-state index in [2.05, 4.69) is 22.4 Å². The Hall–Kier alpha value is -2.24. The maximum absolute atomic E-state index is 11.8. The fourth-order valence-corrected chi connectivity index (χ4v) is 4.66. The van der Waals surface area contributed by atoms with Gasteiger partial charge in [0.1, 0.15) is 4.83 Å². The lowest BCUT2D eigenvalue weighted by Gasteiger charge is -2.17. The molecule has 2 aromatic heterocycles. The molecule has 1 amide bonds. The van der Waals surface area contributed by atoms with Crippen molar-refractivity contribution >= 4 is 27.5 Å². The van der Waals surface area contributed by atoms with Crippen LogP contribution in [0, 0.1) is 6.92 Å². The molecule has 3 aromatic rings. The molecule has 1 unspecified atom stereocenters. The van der Waals surface area contributed by atoms with Crippen molar-refractivity contribution in [2.75, 3.05) is 13.1 Å². The number of carbonyl (C=O) groups is 1. The van der Waals surface area contributed by atoms with Crippen LogP contribution in [0.15, 0.2) is 36.5 Å². The number of benzene rings is 1. The maximum atomic E-state index is 11.8. The Morgan fingerprint density at radius 3 is 2.79 bits per heavy atom. The molecular weight excluding hydrogens is 318 g/mol. The van der Waals surface area contributed by atoms with Crippen LogP contribution in [-0.4, -0.2) is 24.0 Å². The summed E-state index contributed by atoms with van der Waals surface area (Å²) >= 11 is 1.40. The van der Waals surface area contributed by atoms with Crippen LogP contribution in [0.5, 0.6) is 0 Å². The van der Waals surface area contributed by atoms with Crippen molar-refractivity contribution in [2.24, 2.45) is 5.73 Å². The zero-order valence-electron chi connectivity index (χ0n) is 13.5. The topological polar surface area (TPSA) is 68.0 Å². The zero-order chi connectivity index (χ0) is 16.7. The van der Waals surface area contributed by atoms with Crippen LogP contribution in [0.25, 0.3) is 21.3 Å². The van der Waals surface area contributed by atoms with Crippen LogP contribution < -0.4 is 11.1 Å². The number of aromatic nitrogens is 1. The van der Waals surface area contributed by atoms with Crippen LogP contribution in [0.1, 0.15) is 33.1 Å². The minimum Gasteiger partial charge on any atom is -0.365 e. The Kier molecular flexibility index (Phi) is 3.82. The van der Waals surface area contributed by atoms with Gasteiger partial charge in [-0.3, -0.25) is 4.79 Å². The van der Waals surface area contributed by atoms with Gasteiger partial charge < -0.3 is 11.1 Å². The van der Waals surface area contributed by atoms with Gasteiger partial charge in [-0.15, -0.1) is 11.3 Å². The van der Waals surface area contributed by atoms with E-state index in [0.717, 1.165) is 40.9 Å². The first kappa shape index (κ1) is 15.3. The van der Waals surface area contributed by atoms with E-state index in [9.17, 15) is 4.79 Å². The summed E-state index contributed by atoms with van der Waals surface area (Å²) in [6.45, 7) is 3.97. The Bertz CT molecular complexity index is 911. The van der Waals surface area contributed by atoms with E-state index < -0.39 is 0 Å². The van der Waals surface area contributed by atoms with E-state index in [0.29, 0.717) is 10.8 Å². The summed E-state index contributed by atoms with van der Waals surface area (Å²) < 4.78 is 0. The molecule has 1 atom stereocenters. The zero-order valence-corrected chi connectivity index (χ0v) is 14.3. The van der Waals surface area contributed by atoms with Gasteiger partial charge in [0.25, 0.3) is 5.91 Å². The van der Waals surface area contributed by atoms with E-state index in [1.54, 1.807) is 0 Å². The van der Waals surface area contributed by atoms with Gasteiger partial charge >= 0.3 is 0 Å². The predicted octanol–water partition coefficient (Wildman–Crippen LogP) is 3.45. The first-order valence-corrected chi connectivity index (χ1v) is 8.96. The van der Waals surface area contributed by atoms with E-state index in [-0.39, 0.29) is 5.91 Å². The average Bonchev–Trinajstić information content (AvgIpc) is 3.23. The lowest BCUT2D eigenvalue weighted by atomic mass is 9.88. The van der Waals surface area contributed by atoms with Gasteiger partial charge in [0.15, 0.2) is 0 Å². The summed E-state index contributed by atoms with van der Waals surface area (Å²) in [6.07, 6.45) is 3.05. The third-order valence-electron chi connectivity index (χ3n) is 4.78. The van der Waals surface area contributed by atoms with Crippen molar-refractivity contribution < 1.29 is 4.79 Å². The highest BCUT2D eigenvalue weighted by Gasteiger charge is 2.26. The summed E-state index contributed by atoms with van der Waals surface area (Å²) in [5.41, 5.74) is 10.2. The quantitative estimate of drug-likeness (QED) is 0.769. The lowest BCUT2D eigenvalue weighted by Crippen LogP contribution is -2.11. The normalized spacial score (nSPS) is 17.5. The molecule has 4 rings (SSSR count). The highest BCUT2D eigenvalue weighted by atomic mass is 32.1. The van der Waals surface area contributed by atoms with Gasteiger partial charge in [-0.2, -0.15) is 0 Å². The van der Waals surface area contributed by atoms with E-state index in [1.165, 1.54) is 22.5 Å². The number of hydrogen-bond donors (Lipinski definition) is 2. The van der Waals surface area contributed by atoms with Crippen molar-refractivity contribution in [3.8, 4) is 11.1 Å². The Morgan fingerprint density at radius 1 is 1.33 bits per heavy atom. The molecule has 5 heteroatoms. The number of nitrogens with zero attached hydrogens (tertiary/aromatic N) is 1. The van der Waals surface area contributed by atoms with E-state index in [1.807, 2.05) is 31.3 Å². The Balaban J connectivity index is 2.04. The number of nitrogens with one attached hydrogen (secondary N) is 1. The average molecular weight is 337 g/mol. The van der Waals surface area contributed by atoms with Crippen LogP contribution in [0.3, 0.4) is 0 Å². The van der Waals surface area contributed by atoms with Crippen LogP contribution in [0.4, 0.5) is 0 Å². The fourth-order valence-electron chi connectivity index (χ4n) is 3.64. The van der Waals surface area contributed by atoms with Gasteiger partial charge in [0.05, 0.1) is 4.88 Å². The van der Waals surface area contributed by atoms with Crippen molar-refractivity contribution in [1.82, 2.24) is 10.3 Å². The lowest BCUT2D eigenvalue weighted by molar-refractivity contribution is 0.100. The first-order chi connectivity index (χ1) is 11.7. The van der Waals surface area contributed by atoms with Crippen LogP contribution in [0.2, 0.25) is 0 Å². The maximum Gasteiger partial charge on any atom is 0.259 e. The molecule has 0 spiro atoms. The number of aryl methyl sites for hydroxylation is 1. The minimum atomic E-state index is -0.368. The van der Waals surface area contributed by atoms with Crippen LogP contribution >= 0.6 is 11.3 Å². The van der Waals surface area contributed by atoms with E-state index in [4.69, 9.17) is 5.73 Å². The SMILES string of the molecule is Cc1c(C(N)=O)sc2ncc(-c3ccccc3)c(C3CCNC3)c12. The van der Waals surface area contributed by atoms with Gasteiger partial charge in [-0.25, -0.2) is 4.98 Å². The fraction of sp³-hybridized carbons (Fsp3) is 0.263. The van der Waals surface area contributed by atoms with Gasteiger partial charge in [0, 0.05) is 23.7 Å². The number of hydrogen-bond acceptors (Lipinski definition) is 4. The molecule has 1 saturated heterocycles. The molecule has 0 aliphatic carbocycles. The summed E-state index contributed by atoms with van der Waals surface area (Å²) in [5, 5.41) is 4.57. The monoisotopic (exact) mass is 337 g/mol. The molecule has 4 nitrogen and oxygen atoms in total. The van der Waals surface area contributed by atoms with Crippen molar-refractivity contribution in [2.45, 2.75) is 19.3 Å². The molecule has 122 valence electrons. The van der Waals surface area contributed by atoms with Crippen molar-refractivity contribution in [1.29, 1.82) is 0 Å². The van der Waals surface area contributed by atoms with E-state index >= 15 is 0 Å². The first-order valence-electron chi connectivity index (χ1n) is 8.14. The van der Waals surface area contributed by atoms with Gasteiger partial charge in [0.2, 0.25) is 0 Å². The summed E-state index contributed by atoms with van der Waals surface area (Å²) in [6, 6.07) is 10.3. The van der Waals surface area contributed by atoms with Gasteiger partial charge in [-0.1, -0.05) is 30.3 Å². The number of pyridine rings is 1. The van der Waals surface area contributed by atoms with Crippen molar-refractivity contribution in [3.63, 3.8) is 0 Å². The molecule has 3 N–H and O–H groups in total. The molecule has 1 aliphatic heterocycles. The Labute approximate surface area is 144 Å². The number of thiophene rings is 1. The summed E-state index contributed by atoms with van der Waals surface area (Å²) in [5.74, 6) is 0.0620. The number of rotatable bonds is 3. The Morgan fingerprint density at radius 2 is 2.12 bits per heavy atom. The number of amides is 1. The second-order valence-corrected chi connectivity index (χ2v) is 7.24. The molecule has 3 heterocycles. The number of fused-ring (bicyclic) bond motifs is 1. The summed E-state index contributed by atoms with van der Waals surface area (Å²) in [7, 11) is 0. The molecule has 24 heavy (non-hydrogen) atoms. The smallest absolute Gasteiger partial charge is 0.259 e. The highest BCUT2D eigenvalue weighted by molar-refractivity contribution is 7.20. The molecule has 1 aromatic carbocycles. The second-order valence-electron chi connectivity index (χ2n) is 6.24. The molecule has 1 fully saturated rings. The molecule has 0 bridgehead atoms. The molecule has 0 saturated carbocycles. The molecular formula is C19H19N3OS. The van der Waals surface area contributed by atoms with Crippen LogP contribution in [-0.2, 0) is 0 Å². The predicted molar refractivity (Wildman–Crippen MR) is 98.5 cm³/mol. The second kappa shape index (κ2) is 6.00. The number of nitrogens with two attached hydrogens (primary N) is 1. The third kappa shape index (κ3) is 2.41. The van der Waals surface area contributed by atoms with Gasteiger partial charge in [-0.05, 0) is 42.5 Å². The number of carbonyl (C=O) groups excluding carboxylic acids is 1. The third-order valence-corrected chi connectivity index (χ3v) is 5.99. The largest absolute Gasteiger partial charge is 0.365 e. The molecule has 0 radical (unpaired) electrons. The highest BCUT2D eigenvalue weighted by Crippen LogP contribution is 2.41. The molecule has 1 aliphatic rings. The number of primary amides is 1. The standard InChI is InChI=1S/C19H19N3OS/c1-11-15-16(13-7-8-21-9-13)14(12-5-3-2-4-6-12)10-22-19(15)24-17(11)18(20)23/h2-6,10,13,21H,7-9H2,1H3,(H2,20,23). The minimum absolute atomic E-state index is 0.368.